The van der Waals surface area contributed by atoms with Gasteiger partial charge in [0.05, 0.1) is 13.3 Å². The van der Waals surface area contributed by atoms with Crippen molar-refractivity contribution in [2.75, 3.05) is 13.7 Å². The second-order valence-electron chi connectivity index (χ2n) is 6.65. The van der Waals surface area contributed by atoms with Crippen LogP contribution in [0.1, 0.15) is 21.5 Å². The molecule has 3 rings (SSSR count). The Morgan fingerprint density at radius 2 is 1.88 bits per heavy atom. The molecule has 0 aliphatic rings. The van der Waals surface area contributed by atoms with Crippen LogP contribution >= 0.6 is 11.6 Å². The highest BCUT2D eigenvalue weighted by molar-refractivity contribution is 6.30. The number of carbonyl (C=O) groups excluding carboxylic acids is 1. The van der Waals surface area contributed by atoms with E-state index in [2.05, 4.69) is 17.1 Å². The maximum absolute atomic E-state index is 12.4. The van der Waals surface area contributed by atoms with E-state index in [-0.39, 0.29) is 5.91 Å². The highest BCUT2D eigenvalue weighted by Crippen LogP contribution is 2.28. The fraction of sp³-hybridized carbons (Fsp3) is 0.120. The molecule has 6 nitrogen and oxygen atoms in total. The van der Waals surface area contributed by atoms with Crippen molar-refractivity contribution >= 4 is 23.7 Å². The van der Waals surface area contributed by atoms with E-state index in [0.29, 0.717) is 41.0 Å². The summed E-state index contributed by atoms with van der Waals surface area (Å²) in [5, 5.41) is 4.72. The Morgan fingerprint density at radius 1 is 1.06 bits per heavy atom. The molecule has 0 heterocycles. The topological polar surface area (TPSA) is 69.2 Å². The molecule has 0 aliphatic heterocycles. The molecular weight excluding hydrogens is 428 g/mol. The van der Waals surface area contributed by atoms with Gasteiger partial charge in [0.2, 0.25) is 0 Å². The van der Waals surface area contributed by atoms with Gasteiger partial charge >= 0.3 is 0 Å². The summed E-state index contributed by atoms with van der Waals surface area (Å²) in [6.45, 7) is 4.37. The van der Waals surface area contributed by atoms with Gasteiger partial charge in [-0.05, 0) is 53.6 Å². The molecule has 0 bridgehead atoms. The first kappa shape index (κ1) is 22.9. The number of halogens is 1. The molecule has 1 N–H and O–H groups in total. The van der Waals surface area contributed by atoms with Crippen LogP contribution in [0.15, 0.2) is 84.5 Å². The van der Waals surface area contributed by atoms with Crippen LogP contribution in [0.25, 0.3) is 0 Å². The summed E-state index contributed by atoms with van der Waals surface area (Å²) in [5.41, 5.74) is 4.70. The van der Waals surface area contributed by atoms with Gasteiger partial charge in [0.25, 0.3) is 5.91 Å². The summed E-state index contributed by atoms with van der Waals surface area (Å²) in [5.74, 6) is 1.30. The lowest BCUT2D eigenvalue weighted by Gasteiger charge is -2.10. The molecule has 0 saturated carbocycles. The van der Waals surface area contributed by atoms with Crippen LogP contribution in [0, 0.1) is 0 Å². The number of methoxy groups -OCH3 is 1. The van der Waals surface area contributed by atoms with Crippen molar-refractivity contribution in [1.82, 2.24) is 5.43 Å². The fourth-order valence-electron chi connectivity index (χ4n) is 2.74. The predicted molar refractivity (Wildman–Crippen MR) is 126 cm³/mol. The zero-order chi connectivity index (χ0) is 22.8. The predicted octanol–water partition coefficient (Wildman–Crippen LogP) is 5.26. The summed E-state index contributed by atoms with van der Waals surface area (Å²) < 4.78 is 16.6. The SMILES string of the molecule is C=CCOc1ccc(C(=O)N/N=C/c2cccc(OCc3ccc(Cl)cc3)c2)cc1OC. The Balaban J connectivity index is 1.58. The smallest absolute Gasteiger partial charge is 0.271 e. The number of hydrazone groups is 1. The molecule has 7 heteroatoms. The first-order valence-electron chi connectivity index (χ1n) is 9.81. The molecule has 0 saturated heterocycles. The third-order valence-corrected chi connectivity index (χ3v) is 4.59. The van der Waals surface area contributed by atoms with E-state index < -0.39 is 0 Å². The van der Waals surface area contributed by atoms with Gasteiger partial charge in [0.15, 0.2) is 11.5 Å². The van der Waals surface area contributed by atoms with Crippen LogP contribution in [-0.2, 0) is 6.61 Å². The van der Waals surface area contributed by atoms with Crippen LogP contribution < -0.4 is 19.6 Å². The number of rotatable bonds is 10. The quantitative estimate of drug-likeness (QED) is 0.260. The molecule has 0 aromatic heterocycles. The number of nitrogens with one attached hydrogen (secondary N) is 1. The lowest BCUT2D eigenvalue weighted by atomic mass is 10.2. The van der Waals surface area contributed by atoms with Gasteiger partial charge in [-0.15, -0.1) is 0 Å². The zero-order valence-electron chi connectivity index (χ0n) is 17.6. The first-order valence-corrected chi connectivity index (χ1v) is 10.2. The standard InChI is InChI=1S/C25H23ClN2O4/c1-3-13-31-23-12-9-20(15-24(23)30-2)25(29)28-27-16-19-5-4-6-22(14-19)32-17-18-7-10-21(26)11-8-18/h3-12,14-16H,1,13,17H2,2H3,(H,28,29)/b27-16+. The molecule has 0 unspecified atom stereocenters. The molecule has 1 amide bonds. The van der Waals surface area contributed by atoms with Gasteiger partial charge in [-0.25, -0.2) is 5.43 Å². The van der Waals surface area contributed by atoms with Crippen LogP contribution in [-0.4, -0.2) is 25.8 Å². The van der Waals surface area contributed by atoms with Gasteiger partial charge in [0.1, 0.15) is 19.0 Å². The number of amides is 1. The minimum Gasteiger partial charge on any atom is -0.493 e. The number of ether oxygens (including phenoxy) is 3. The third kappa shape index (κ3) is 6.62. The van der Waals surface area contributed by atoms with Crippen molar-refractivity contribution in [3.63, 3.8) is 0 Å². The lowest BCUT2D eigenvalue weighted by Crippen LogP contribution is -2.17. The van der Waals surface area contributed by atoms with Crippen molar-refractivity contribution in [2.45, 2.75) is 6.61 Å². The molecule has 164 valence electrons. The molecule has 0 spiro atoms. The van der Waals surface area contributed by atoms with Crippen molar-refractivity contribution in [1.29, 1.82) is 0 Å². The third-order valence-electron chi connectivity index (χ3n) is 4.34. The summed E-state index contributed by atoms with van der Waals surface area (Å²) in [6, 6.07) is 19.8. The summed E-state index contributed by atoms with van der Waals surface area (Å²) in [6.07, 6.45) is 3.18. The molecule has 0 aliphatic carbocycles. The van der Waals surface area contributed by atoms with E-state index in [4.69, 9.17) is 25.8 Å². The van der Waals surface area contributed by atoms with E-state index in [1.807, 2.05) is 48.5 Å². The second-order valence-corrected chi connectivity index (χ2v) is 7.09. The number of hydrogen-bond donors (Lipinski definition) is 1. The van der Waals surface area contributed by atoms with Gasteiger partial charge in [-0.3, -0.25) is 4.79 Å². The van der Waals surface area contributed by atoms with Gasteiger partial charge in [-0.2, -0.15) is 5.10 Å². The molecule has 3 aromatic rings. The molecule has 0 atom stereocenters. The van der Waals surface area contributed by atoms with Gasteiger partial charge < -0.3 is 14.2 Å². The van der Waals surface area contributed by atoms with E-state index >= 15 is 0 Å². The van der Waals surface area contributed by atoms with Crippen molar-refractivity contribution < 1.29 is 19.0 Å². The molecule has 0 fully saturated rings. The monoisotopic (exact) mass is 450 g/mol. The molecular formula is C25H23ClN2O4. The maximum Gasteiger partial charge on any atom is 0.271 e. The van der Waals surface area contributed by atoms with Crippen molar-refractivity contribution in [2.24, 2.45) is 5.10 Å². The highest BCUT2D eigenvalue weighted by atomic mass is 35.5. The minimum atomic E-state index is -0.370. The highest BCUT2D eigenvalue weighted by Gasteiger charge is 2.10. The second kappa shape index (κ2) is 11.6. The largest absolute Gasteiger partial charge is 0.493 e. The Morgan fingerprint density at radius 3 is 2.62 bits per heavy atom. The average Bonchev–Trinajstić information content (AvgIpc) is 2.82. The van der Waals surface area contributed by atoms with Crippen molar-refractivity contribution in [3.8, 4) is 17.2 Å². The lowest BCUT2D eigenvalue weighted by molar-refractivity contribution is 0.0954. The normalized spacial score (nSPS) is 10.6. The first-order chi connectivity index (χ1) is 15.6. The maximum atomic E-state index is 12.4. The average molecular weight is 451 g/mol. The van der Waals surface area contributed by atoms with Crippen LogP contribution in [0.5, 0.6) is 17.2 Å². The van der Waals surface area contributed by atoms with Crippen LogP contribution in [0.4, 0.5) is 0 Å². The fourth-order valence-corrected chi connectivity index (χ4v) is 2.86. The van der Waals surface area contributed by atoms with E-state index in [0.717, 1.165) is 11.1 Å². The zero-order valence-corrected chi connectivity index (χ0v) is 18.3. The van der Waals surface area contributed by atoms with Crippen LogP contribution in [0.2, 0.25) is 5.02 Å². The number of nitrogens with zero attached hydrogens (tertiary/aromatic N) is 1. The number of carbonyl (C=O) groups is 1. The van der Waals surface area contributed by atoms with E-state index in [1.54, 1.807) is 30.5 Å². The van der Waals surface area contributed by atoms with Gasteiger partial charge in [0, 0.05) is 10.6 Å². The summed E-state index contributed by atoms with van der Waals surface area (Å²) in [7, 11) is 1.51. The summed E-state index contributed by atoms with van der Waals surface area (Å²) in [4.78, 5) is 12.4. The Hall–Kier alpha value is -3.77. The molecule has 3 aromatic carbocycles. The Bertz CT molecular complexity index is 1100. The van der Waals surface area contributed by atoms with Crippen molar-refractivity contribution in [3.05, 3.63) is 101 Å². The number of hydrogen-bond acceptors (Lipinski definition) is 5. The Labute approximate surface area is 192 Å². The minimum absolute atomic E-state index is 0.342. The van der Waals surface area contributed by atoms with E-state index in [9.17, 15) is 4.79 Å². The van der Waals surface area contributed by atoms with Gasteiger partial charge in [-0.1, -0.05) is 48.5 Å². The van der Waals surface area contributed by atoms with Crippen LogP contribution in [0.3, 0.4) is 0 Å². The Kier molecular flexibility index (Phi) is 8.29. The molecule has 32 heavy (non-hydrogen) atoms. The van der Waals surface area contributed by atoms with E-state index in [1.165, 1.54) is 7.11 Å². The molecule has 0 radical (unpaired) electrons. The number of benzene rings is 3. The summed E-state index contributed by atoms with van der Waals surface area (Å²) >= 11 is 5.90.